The van der Waals surface area contributed by atoms with Crippen LogP contribution in [0.15, 0.2) is 9.08 Å². The van der Waals surface area contributed by atoms with Gasteiger partial charge in [0.15, 0.2) is 0 Å². The Morgan fingerprint density at radius 2 is 2.00 bits per heavy atom. The second-order valence-electron chi connectivity index (χ2n) is 5.15. The highest BCUT2D eigenvalue weighted by molar-refractivity contribution is 9.13. The molecule has 6 heteroatoms. The maximum Gasteiger partial charge on any atom is 0.244 e. The van der Waals surface area contributed by atoms with Crippen LogP contribution in [0, 0.1) is 6.92 Å². The SMILES string of the molecule is Cc1c(Br)c(Br)nn1C(C)C(=O)NC1CCCCC1. The predicted molar refractivity (Wildman–Crippen MR) is 82.1 cm³/mol. The van der Waals surface area contributed by atoms with E-state index in [1.807, 2.05) is 13.8 Å². The van der Waals surface area contributed by atoms with Crippen LogP contribution >= 0.6 is 31.9 Å². The van der Waals surface area contributed by atoms with Crippen LogP contribution in [-0.4, -0.2) is 21.7 Å². The Morgan fingerprint density at radius 1 is 1.37 bits per heavy atom. The molecule has 1 aliphatic carbocycles. The molecule has 1 aromatic heterocycles. The number of carbonyl (C=O) groups excluding carboxylic acids is 1. The van der Waals surface area contributed by atoms with E-state index in [2.05, 4.69) is 42.3 Å². The summed E-state index contributed by atoms with van der Waals surface area (Å²) >= 11 is 6.83. The number of nitrogens with zero attached hydrogens (tertiary/aromatic N) is 2. The summed E-state index contributed by atoms with van der Waals surface area (Å²) in [5, 5.41) is 7.49. The van der Waals surface area contributed by atoms with Gasteiger partial charge in [-0.25, -0.2) is 0 Å². The van der Waals surface area contributed by atoms with Crippen molar-refractivity contribution < 1.29 is 4.79 Å². The van der Waals surface area contributed by atoms with Crippen LogP contribution < -0.4 is 5.32 Å². The summed E-state index contributed by atoms with van der Waals surface area (Å²) in [6.07, 6.45) is 5.93. The number of hydrogen-bond acceptors (Lipinski definition) is 2. The molecule has 0 spiro atoms. The minimum Gasteiger partial charge on any atom is -0.352 e. The van der Waals surface area contributed by atoms with Crippen LogP contribution in [0.5, 0.6) is 0 Å². The Labute approximate surface area is 130 Å². The van der Waals surface area contributed by atoms with Crippen molar-refractivity contribution in [1.82, 2.24) is 15.1 Å². The van der Waals surface area contributed by atoms with Crippen LogP contribution in [0.1, 0.15) is 50.8 Å². The van der Waals surface area contributed by atoms with E-state index in [-0.39, 0.29) is 11.9 Å². The molecule has 1 aliphatic rings. The van der Waals surface area contributed by atoms with Crippen LogP contribution in [0.25, 0.3) is 0 Å². The van der Waals surface area contributed by atoms with Gasteiger partial charge < -0.3 is 5.32 Å². The van der Waals surface area contributed by atoms with Gasteiger partial charge in [0.05, 0.1) is 10.2 Å². The van der Waals surface area contributed by atoms with Gasteiger partial charge in [-0.2, -0.15) is 5.10 Å². The Kier molecular flexibility index (Phi) is 5.06. The third-order valence-electron chi connectivity index (χ3n) is 3.74. The molecule has 1 amide bonds. The molecule has 1 atom stereocenters. The predicted octanol–water partition coefficient (Wildman–Crippen LogP) is 3.73. The van der Waals surface area contributed by atoms with Gasteiger partial charge in [0.2, 0.25) is 5.91 Å². The molecule has 0 bridgehead atoms. The van der Waals surface area contributed by atoms with Crippen molar-refractivity contribution >= 4 is 37.8 Å². The molecule has 2 rings (SSSR count). The molecule has 0 aromatic carbocycles. The first-order valence-electron chi connectivity index (χ1n) is 6.71. The number of carbonyl (C=O) groups is 1. The highest BCUT2D eigenvalue weighted by atomic mass is 79.9. The van der Waals surface area contributed by atoms with Crippen LogP contribution in [-0.2, 0) is 4.79 Å². The molecular formula is C13H19Br2N3O. The summed E-state index contributed by atoms with van der Waals surface area (Å²) in [6.45, 7) is 3.84. The molecule has 19 heavy (non-hydrogen) atoms. The van der Waals surface area contributed by atoms with E-state index in [0.717, 1.165) is 27.6 Å². The monoisotopic (exact) mass is 391 g/mol. The lowest BCUT2D eigenvalue weighted by molar-refractivity contribution is -0.125. The van der Waals surface area contributed by atoms with E-state index < -0.39 is 0 Å². The third-order valence-corrected chi connectivity index (χ3v) is 5.77. The van der Waals surface area contributed by atoms with Gasteiger partial charge in [-0.3, -0.25) is 9.48 Å². The van der Waals surface area contributed by atoms with E-state index in [4.69, 9.17) is 0 Å². The summed E-state index contributed by atoms with van der Waals surface area (Å²) in [4.78, 5) is 12.3. The van der Waals surface area contributed by atoms with Gasteiger partial charge in [0, 0.05) is 6.04 Å². The van der Waals surface area contributed by atoms with Crippen molar-refractivity contribution in [2.45, 2.75) is 58.0 Å². The van der Waals surface area contributed by atoms with E-state index in [0.29, 0.717) is 6.04 Å². The van der Waals surface area contributed by atoms with Crippen LogP contribution in [0.3, 0.4) is 0 Å². The van der Waals surface area contributed by atoms with Gasteiger partial charge in [-0.15, -0.1) is 0 Å². The number of amides is 1. The molecule has 4 nitrogen and oxygen atoms in total. The highest BCUT2D eigenvalue weighted by Crippen LogP contribution is 2.27. The zero-order valence-corrected chi connectivity index (χ0v) is 14.4. The second kappa shape index (κ2) is 6.39. The fourth-order valence-corrected chi connectivity index (χ4v) is 3.24. The summed E-state index contributed by atoms with van der Waals surface area (Å²) < 4.78 is 3.40. The standard InChI is InChI=1S/C13H19Br2N3O/c1-8-11(14)12(15)17-18(8)9(2)13(19)16-10-6-4-3-5-7-10/h9-10H,3-7H2,1-2H3,(H,16,19). The van der Waals surface area contributed by atoms with E-state index in [9.17, 15) is 4.79 Å². The summed E-state index contributed by atoms with van der Waals surface area (Å²) in [7, 11) is 0. The largest absolute Gasteiger partial charge is 0.352 e. The normalized spacial score (nSPS) is 18.3. The minimum absolute atomic E-state index is 0.0532. The van der Waals surface area contributed by atoms with Crippen molar-refractivity contribution in [3.63, 3.8) is 0 Å². The van der Waals surface area contributed by atoms with Gasteiger partial charge >= 0.3 is 0 Å². The Morgan fingerprint density at radius 3 is 2.53 bits per heavy atom. The minimum atomic E-state index is -0.287. The molecule has 0 radical (unpaired) electrons. The maximum atomic E-state index is 12.3. The molecule has 0 saturated heterocycles. The summed E-state index contributed by atoms with van der Waals surface area (Å²) in [6, 6.07) is 0.0518. The van der Waals surface area contributed by atoms with Crippen LogP contribution in [0.4, 0.5) is 0 Å². The topological polar surface area (TPSA) is 46.9 Å². The number of nitrogens with one attached hydrogen (secondary N) is 1. The molecule has 0 aliphatic heterocycles. The first-order chi connectivity index (χ1) is 9.00. The average molecular weight is 393 g/mol. The summed E-state index contributed by atoms with van der Waals surface area (Å²) in [5.74, 6) is 0.0532. The quantitative estimate of drug-likeness (QED) is 0.851. The Bertz CT molecular complexity index is 467. The van der Waals surface area contributed by atoms with Crippen molar-refractivity contribution in [1.29, 1.82) is 0 Å². The third kappa shape index (κ3) is 3.40. The van der Waals surface area contributed by atoms with Gasteiger partial charge in [-0.05, 0) is 58.5 Å². The molecule has 1 fully saturated rings. The fraction of sp³-hybridized carbons (Fsp3) is 0.692. The van der Waals surface area contributed by atoms with Crippen molar-refractivity contribution in [3.05, 3.63) is 14.8 Å². The van der Waals surface area contributed by atoms with Crippen molar-refractivity contribution in [2.75, 3.05) is 0 Å². The fourth-order valence-electron chi connectivity index (χ4n) is 2.52. The Hall–Kier alpha value is -0.360. The van der Waals surface area contributed by atoms with Gasteiger partial charge in [0.1, 0.15) is 10.6 Å². The molecule has 106 valence electrons. The van der Waals surface area contributed by atoms with Crippen molar-refractivity contribution in [3.8, 4) is 0 Å². The summed E-state index contributed by atoms with van der Waals surface area (Å²) in [5.41, 5.74) is 0.957. The van der Waals surface area contributed by atoms with E-state index >= 15 is 0 Å². The molecular weight excluding hydrogens is 374 g/mol. The van der Waals surface area contributed by atoms with Gasteiger partial charge in [-0.1, -0.05) is 19.3 Å². The first-order valence-corrected chi connectivity index (χ1v) is 8.29. The molecule has 1 aromatic rings. The second-order valence-corrected chi connectivity index (χ2v) is 6.70. The first kappa shape index (κ1) is 15.0. The van der Waals surface area contributed by atoms with Gasteiger partial charge in [0.25, 0.3) is 0 Å². The Balaban J connectivity index is 2.03. The molecule has 1 unspecified atom stereocenters. The number of halogens is 2. The smallest absolute Gasteiger partial charge is 0.244 e. The number of hydrogen-bond donors (Lipinski definition) is 1. The highest BCUT2D eigenvalue weighted by Gasteiger charge is 2.23. The zero-order valence-electron chi connectivity index (χ0n) is 11.2. The average Bonchev–Trinajstić information content (AvgIpc) is 2.67. The van der Waals surface area contributed by atoms with E-state index in [1.165, 1.54) is 19.3 Å². The van der Waals surface area contributed by atoms with Crippen LogP contribution in [0.2, 0.25) is 0 Å². The molecule has 1 heterocycles. The maximum absolute atomic E-state index is 12.3. The molecule has 1 saturated carbocycles. The number of aromatic nitrogens is 2. The lowest BCUT2D eigenvalue weighted by Gasteiger charge is -2.24. The van der Waals surface area contributed by atoms with E-state index in [1.54, 1.807) is 4.68 Å². The molecule has 1 N–H and O–H groups in total. The van der Waals surface area contributed by atoms with Crippen molar-refractivity contribution in [2.24, 2.45) is 0 Å². The lowest BCUT2D eigenvalue weighted by atomic mass is 9.95. The lowest BCUT2D eigenvalue weighted by Crippen LogP contribution is -2.40. The zero-order chi connectivity index (χ0) is 14.0. The number of rotatable bonds is 3.